The standard InChI is InChI=1S/C26H18N2O3/c1-17-10-23(13-24-12-19(11-18(2)29-24)20(15-27)16-28)31-26-14-22(8-9-25(17)26)30-21-6-4-3-5-7-21/h3-14H,1-2H3/b23-13+. The van der Waals surface area contributed by atoms with Gasteiger partial charge in [0.05, 0.1) is 0 Å². The van der Waals surface area contributed by atoms with Gasteiger partial charge >= 0.3 is 0 Å². The van der Waals surface area contributed by atoms with Crippen LogP contribution in [0.4, 0.5) is 0 Å². The lowest BCUT2D eigenvalue weighted by atomic mass is 10.0. The van der Waals surface area contributed by atoms with Crippen molar-refractivity contribution in [2.45, 2.75) is 13.8 Å². The number of hydrogen-bond acceptors (Lipinski definition) is 5. The number of allylic oxidation sites excluding steroid dienone is 8. The molecule has 5 nitrogen and oxygen atoms in total. The van der Waals surface area contributed by atoms with Crippen LogP contribution in [0.25, 0.3) is 5.57 Å². The molecule has 2 aromatic rings. The van der Waals surface area contributed by atoms with Crippen LogP contribution in [0.15, 0.2) is 101 Å². The topological polar surface area (TPSA) is 75.3 Å². The molecule has 0 aromatic heterocycles. The van der Waals surface area contributed by atoms with Gasteiger partial charge in [-0.3, -0.25) is 0 Å². The summed E-state index contributed by atoms with van der Waals surface area (Å²) in [5, 5.41) is 18.3. The van der Waals surface area contributed by atoms with Crippen LogP contribution in [0.1, 0.15) is 19.4 Å². The average molecular weight is 406 g/mol. The molecule has 0 fully saturated rings. The number of nitrogens with zero attached hydrogens (tertiary/aromatic N) is 2. The number of para-hydroxylation sites is 1. The Kier molecular flexibility index (Phi) is 5.43. The van der Waals surface area contributed by atoms with E-state index in [0.29, 0.717) is 34.3 Å². The van der Waals surface area contributed by atoms with Gasteiger partial charge in [-0.2, -0.15) is 10.5 Å². The number of benzene rings is 2. The van der Waals surface area contributed by atoms with Gasteiger partial charge in [0.15, 0.2) is 0 Å². The fourth-order valence-corrected chi connectivity index (χ4v) is 3.29. The highest BCUT2D eigenvalue weighted by molar-refractivity contribution is 5.74. The molecule has 2 heterocycles. The lowest BCUT2D eigenvalue weighted by Gasteiger charge is -2.20. The highest BCUT2D eigenvalue weighted by atomic mass is 16.5. The molecule has 0 N–H and O–H groups in total. The van der Waals surface area contributed by atoms with E-state index in [1.165, 1.54) is 0 Å². The predicted molar refractivity (Wildman–Crippen MR) is 116 cm³/mol. The van der Waals surface area contributed by atoms with Crippen molar-refractivity contribution < 1.29 is 14.2 Å². The Morgan fingerprint density at radius 3 is 2.42 bits per heavy atom. The molecule has 31 heavy (non-hydrogen) atoms. The molecule has 0 aliphatic carbocycles. The van der Waals surface area contributed by atoms with Gasteiger partial charge in [0, 0.05) is 23.3 Å². The lowest BCUT2D eigenvalue weighted by Crippen LogP contribution is -2.05. The minimum atomic E-state index is 0.0304. The molecule has 0 bridgehead atoms. The zero-order valence-electron chi connectivity index (χ0n) is 17.0. The zero-order valence-corrected chi connectivity index (χ0v) is 17.0. The Morgan fingerprint density at radius 2 is 1.68 bits per heavy atom. The molecule has 150 valence electrons. The molecule has 4 rings (SSSR count). The van der Waals surface area contributed by atoms with Crippen LogP contribution in [0.3, 0.4) is 0 Å². The number of ether oxygens (including phenoxy) is 3. The molecule has 0 atom stereocenters. The van der Waals surface area contributed by atoms with E-state index in [4.69, 9.17) is 24.7 Å². The third kappa shape index (κ3) is 4.42. The maximum atomic E-state index is 9.16. The highest BCUT2D eigenvalue weighted by Gasteiger charge is 2.17. The summed E-state index contributed by atoms with van der Waals surface area (Å²) in [6.07, 6.45) is 6.96. The summed E-state index contributed by atoms with van der Waals surface area (Å²) in [6.45, 7) is 3.77. The smallest absolute Gasteiger partial charge is 0.138 e. The van der Waals surface area contributed by atoms with Crippen LogP contribution in [-0.4, -0.2) is 0 Å². The van der Waals surface area contributed by atoms with E-state index < -0.39 is 0 Å². The first-order valence-corrected chi connectivity index (χ1v) is 9.63. The van der Waals surface area contributed by atoms with Gasteiger partial charge in [0.2, 0.25) is 0 Å². The van der Waals surface area contributed by atoms with Crippen molar-refractivity contribution in [3.8, 4) is 29.4 Å². The van der Waals surface area contributed by atoms with Gasteiger partial charge in [-0.05, 0) is 61.9 Å². The van der Waals surface area contributed by atoms with Crippen molar-refractivity contribution in [1.29, 1.82) is 10.5 Å². The van der Waals surface area contributed by atoms with E-state index in [1.54, 1.807) is 25.2 Å². The fraction of sp³-hybridized carbons (Fsp3) is 0.0769. The monoisotopic (exact) mass is 406 g/mol. The Balaban J connectivity index is 1.64. The molecule has 0 spiro atoms. The summed E-state index contributed by atoms with van der Waals surface area (Å²) in [7, 11) is 0. The number of nitriles is 2. The van der Waals surface area contributed by atoms with Gasteiger partial charge in [-0.1, -0.05) is 18.2 Å². The maximum Gasteiger partial charge on any atom is 0.138 e. The van der Waals surface area contributed by atoms with Gasteiger partial charge in [-0.25, -0.2) is 0 Å². The number of fused-ring (bicyclic) bond motifs is 1. The van der Waals surface area contributed by atoms with Crippen molar-refractivity contribution in [2.24, 2.45) is 0 Å². The Bertz CT molecular complexity index is 1260. The molecule has 0 saturated heterocycles. The first-order chi connectivity index (χ1) is 15.1. The molecule has 2 aromatic carbocycles. The molecule has 2 aliphatic rings. The van der Waals surface area contributed by atoms with Gasteiger partial charge < -0.3 is 14.2 Å². The van der Waals surface area contributed by atoms with Crippen LogP contribution < -0.4 is 9.47 Å². The fourth-order valence-electron chi connectivity index (χ4n) is 3.29. The van der Waals surface area contributed by atoms with E-state index in [0.717, 1.165) is 16.9 Å². The van der Waals surface area contributed by atoms with E-state index in [1.807, 2.05) is 73.7 Å². The molecule has 5 heteroatoms. The van der Waals surface area contributed by atoms with Crippen molar-refractivity contribution in [1.82, 2.24) is 0 Å². The average Bonchev–Trinajstić information content (AvgIpc) is 2.75. The third-order valence-electron chi connectivity index (χ3n) is 4.68. The predicted octanol–water partition coefficient (Wildman–Crippen LogP) is 6.32. The van der Waals surface area contributed by atoms with E-state index in [2.05, 4.69) is 0 Å². The maximum absolute atomic E-state index is 9.16. The summed E-state index contributed by atoms with van der Waals surface area (Å²) in [5.41, 5.74) is 2.55. The van der Waals surface area contributed by atoms with Crippen molar-refractivity contribution >= 4 is 5.57 Å². The highest BCUT2D eigenvalue weighted by Crippen LogP contribution is 2.37. The van der Waals surface area contributed by atoms with E-state index in [-0.39, 0.29) is 5.57 Å². The molecule has 2 aliphatic heterocycles. The first-order valence-electron chi connectivity index (χ1n) is 9.63. The summed E-state index contributed by atoms with van der Waals surface area (Å²) >= 11 is 0. The van der Waals surface area contributed by atoms with Crippen molar-refractivity contribution in [3.05, 3.63) is 107 Å². The Morgan fingerprint density at radius 1 is 0.903 bits per heavy atom. The Hall–Kier alpha value is -4.48. The van der Waals surface area contributed by atoms with Crippen LogP contribution in [0, 0.1) is 22.7 Å². The normalized spacial score (nSPS) is 15.8. The second-order valence-corrected chi connectivity index (χ2v) is 7.01. The third-order valence-corrected chi connectivity index (χ3v) is 4.68. The largest absolute Gasteiger partial charge is 0.462 e. The second kappa shape index (κ2) is 8.49. The van der Waals surface area contributed by atoms with Crippen LogP contribution in [0.2, 0.25) is 0 Å². The van der Waals surface area contributed by atoms with Gasteiger partial charge in [0.25, 0.3) is 0 Å². The number of rotatable bonds is 3. The molecule has 0 amide bonds. The van der Waals surface area contributed by atoms with Crippen molar-refractivity contribution in [2.75, 3.05) is 0 Å². The molecular weight excluding hydrogens is 388 g/mol. The second-order valence-electron chi connectivity index (χ2n) is 7.01. The summed E-state index contributed by atoms with van der Waals surface area (Å²) in [5.74, 6) is 3.74. The summed E-state index contributed by atoms with van der Waals surface area (Å²) in [6, 6.07) is 19.1. The molecule has 0 saturated carbocycles. The van der Waals surface area contributed by atoms with Gasteiger partial charge in [0.1, 0.15) is 52.2 Å². The lowest BCUT2D eigenvalue weighted by molar-refractivity contribution is 0.313. The van der Waals surface area contributed by atoms with E-state index in [9.17, 15) is 0 Å². The summed E-state index contributed by atoms with van der Waals surface area (Å²) in [4.78, 5) is 0. The van der Waals surface area contributed by atoms with Crippen LogP contribution >= 0.6 is 0 Å². The Labute approximate surface area is 180 Å². The van der Waals surface area contributed by atoms with Crippen LogP contribution in [0.5, 0.6) is 17.2 Å². The summed E-state index contributed by atoms with van der Waals surface area (Å²) < 4.78 is 17.7. The van der Waals surface area contributed by atoms with Crippen molar-refractivity contribution in [3.63, 3.8) is 0 Å². The first kappa shape index (κ1) is 19.8. The molecule has 0 radical (unpaired) electrons. The van der Waals surface area contributed by atoms with Gasteiger partial charge in [-0.15, -0.1) is 0 Å². The molecule has 0 unspecified atom stereocenters. The minimum Gasteiger partial charge on any atom is -0.462 e. The van der Waals surface area contributed by atoms with Crippen LogP contribution in [-0.2, 0) is 4.74 Å². The SMILES string of the molecule is CC1=CC(=C(C#N)C#N)C=C(/C=C2\C=C(C)c3ccc(Oc4ccccc4)cc3O2)O1. The quantitative estimate of drug-likeness (QED) is 0.558. The number of hydrogen-bond donors (Lipinski definition) is 0. The molecular formula is C26H18N2O3. The minimum absolute atomic E-state index is 0.0304. The zero-order chi connectivity index (χ0) is 21.8. The van der Waals surface area contributed by atoms with E-state index >= 15 is 0 Å².